The number of nitrogens with one attached hydrogen (secondary N) is 2. The van der Waals surface area contributed by atoms with Gasteiger partial charge in [-0.2, -0.15) is 0 Å². The summed E-state index contributed by atoms with van der Waals surface area (Å²) in [6.45, 7) is 6.17. The molecule has 2 rings (SSSR count). The van der Waals surface area contributed by atoms with Gasteiger partial charge < -0.3 is 16.4 Å². The molecule has 0 radical (unpaired) electrons. The SMILES string of the molecule is CC(C)(C)Nc1ncnc(Nc2ccc(I)cc2)c1N. The molecule has 0 aliphatic heterocycles. The topological polar surface area (TPSA) is 75.9 Å². The maximum Gasteiger partial charge on any atom is 0.159 e. The van der Waals surface area contributed by atoms with E-state index in [4.69, 9.17) is 5.73 Å². The predicted molar refractivity (Wildman–Crippen MR) is 92.3 cm³/mol. The molecule has 0 saturated carbocycles. The number of rotatable bonds is 3. The van der Waals surface area contributed by atoms with E-state index in [9.17, 15) is 0 Å². The van der Waals surface area contributed by atoms with E-state index in [1.165, 1.54) is 9.90 Å². The minimum atomic E-state index is -0.109. The van der Waals surface area contributed by atoms with Crippen LogP contribution < -0.4 is 16.4 Å². The molecule has 20 heavy (non-hydrogen) atoms. The molecule has 0 bridgehead atoms. The zero-order valence-corrected chi connectivity index (χ0v) is 13.9. The first-order valence-corrected chi connectivity index (χ1v) is 7.34. The van der Waals surface area contributed by atoms with Gasteiger partial charge in [0.05, 0.1) is 0 Å². The Morgan fingerprint density at radius 2 is 1.65 bits per heavy atom. The number of nitrogen functional groups attached to an aromatic ring is 1. The molecule has 5 nitrogen and oxygen atoms in total. The maximum atomic E-state index is 6.12. The van der Waals surface area contributed by atoms with Gasteiger partial charge in [0.15, 0.2) is 11.6 Å². The number of benzene rings is 1. The van der Waals surface area contributed by atoms with Crippen molar-refractivity contribution in [3.8, 4) is 0 Å². The van der Waals surface area contributed by atoms with Crippen LogP contribution in [0.4, 0.5) is 23.0 Å². The van der Waals surface area contributed by atoms with E-state index < -0.39 is 0 Å². The quantitative estimate of drug-likeness (QED) is 0.706. The second-order valence-electron chi connectivity index (χ2n) is 5.49. The number of halogens is 1. The summed E-state index contributed by atoms with van der Waals surface area (Å²) in [7, 11) is 0. The van der Waals surface area contributed by atoms with Crippen molar-refractivity contribution in [2.75, 3.05) is 16.4 Å². The van der Waals surface area contributed by atoms with Gasteiger partial charge in [0, 0.05) is 14.8 Å². The lowest BCUT2D eigenvalue weighted by molar-refractivity contribution is 0.630. The Morgan fingerprint density at radius 1 is 1.05 bits per heavy atom. The Balaban J connectivity index is 2.24. The average molecular weight is 383 g/mol. The molecule has 0 saturated heterocycles. The lowest BCUT2D eigenvalue weighted by Crippen LogP contribution is -2.27. The van der Waals surface area contributed by atoms with E-state index in [1.54, 1.807) is 0 Å². The van der Waals surface area contributed by atoms with Gasteiger partial charge >= 0.3 is 0 Å². The highest BCUT2D eigenvalue weighted by atomic mass is 127. The van der Waals surface area contributed by atoms with Crippen LogP contribution in [0.3, 0.4) is 0 Å². The van der Waals surface area contributed by atoms with E-state index >= 15 is 0 Å². The number of aromatic nitrogens is 2. The summed E-state index contributed by atoms with van der Waals surface area (Å²) in [5, 5.41) is 6.47. The Morgan fingerprint density at radius 3 is 2.25 bits per heavy atom. The molecule has 6 heteroatoms. The van der Waals surface area contributed by atoms with Crippen LogP contribution in [-0.4, -0.2) is 15.5 Å². The van der Waals surface area contributed by atoms with Crippen LogP contribution >= 0.6 is 22.6 Å². The summed E-state index contributed by atoms with van der Waals surface area (Å²) >= 11 is 2.27. The second kappa shape index (κ2) is 5.82. The average Bonchev–Trinajstić information content (AvgIpc) is 2.35. The zero-order chi connectivity index (χ0) is 14.8. The first-order valence-electron chi connectivity index (χ1n) is 6.26. The molecule has 0 aliphatic rings. The monoisotopic (exact) mass is 383 g/mol. The Kier molecular flexibility index (Phi) is 4.32. The van der Waals surface area contributed by atoms with E-state index in [0.29, 0.717) is 17.3 Å². The molecular formula is C14H18IN5. The number of anilines is 4. The van der Waals surface area contributed by atoms with Crippen LogP contribution in [0.5, 0.6) is 0 Å². The fourth-order valence-corrected chi connectivity index (χ4v) is 1.98. The minimum absolute atomic E-state index is 0.109. The van der Waals surface area contributed by atoms with Gasteiger partial charge in [-0.3, -0.25) is 0 Å². The van der Waals surface area contributed by atoms with Gasteiger partial charge in [-0.05, 0) is 67.6 Å². The lowest BCUT2D eigenvalue weighted by Gasteiger charge is -2.22. The van der Waals surface area contributed by atoms with Crippen LogP contribution in [0.25, 0.3) is 0 Å². The highest BCUT2D eigenvalue weighted by molar-refractivity contribution is 14.1. The number of hydrogen-bond donors (Lipinski definition) is 3. The smallest absolute Gasteiger partial charge is 0.159 e. The second-order valence-corrected chi connectivity index (χ2v) is 6.74. The van der Waals surface area contributed by atoms with Crippen molar-refractivity contribution in [1.29, 1.82) is 0 Å². The van der Waals surface area contributed by atoms with Crippen molar-refractivity contribution >= 4 is 45.6 Å². The number of nitrogens with zero attached hydrogens (tertiary/aromatic N) is 2. The molecule has 0 unspecified atom stereocenters. The fourth-order valence-electron chi connectivity index (χ4n) is 1.62. The maximum absolute atomic E-state index is 6.12. The van der Waals surface area contributed by atoms with E-state index in [-0.39, 0.29) is 5.54 Å². The van der Waals surface area contributed by atoms with Crippen LogP contribution in [0, 0.1) is 3.57 Å². The van der Waals surface area contributed by atoms with Crippen molar-refractivity contribution < 1.29 is 0 Å². The Hall–Kier alpha value is -1.57. The Labute approximate surface area is 132 Å². The van der Waals surface area contributed by atoms with Crippen LogP contribution in [-0.2, 0) is 0 Å². The third kappa shape index (κ3) is 3.96. The molecule has 4 N–H and O–H groups in total. The molecule has 0 aliphatic carbocycles. The van der Waals surface area contributed by atoms with Crippen molar-refractivity contribution in [3.63, 3.8) is 0 Å². The van der Waals surface area contributed by atoms with Crippen LogP contribution in [0.15, 0.2) is 30.6 Å². The summed E-state index contributed by atoms with van der Waals surface area (Å²) in [6.07, 6.45) is 1.50. The van der Waals surface area contributed by atoms with E-state index in [2.05, 4.69) is 64.0 Å². The molecule has 2 aromatic rings. The van der Waals surface area contributed by atoms with Crippen LogP contribution in [0.1, 0.15) is 20.8 Å². The van der Waals surface area contributed by atoms with Crippen molar-refractivity contribution in [1.82, 2.24) is 9.97 Å². The third-order valence-electron chi connectivity index (χ3n) is 2.48. The summed E-state index contributed by atoms with van der Waals surface area (Å²) in [6, 6.07) is 8.02. The normalized spacial score (nSPS) is 11.2. The van der Waals surface area contributed by atoms with Gasteiger partial charge in [-0.25, -0.2) is 9.97 Å². The van der Waals surface area contributed by atoms with Gasteiger partial charge in [-0.15, -0.1) is 0 Å². The van der Waals surface area contributed by atoms with E-state index in [1.807, 2.05) is 24.3 Å². The first kappa shape index (κ1) is 14.8. The van der Waals surface area contributed by atoms with Gasteiger partial charge in [0.1, 0.15) is 12.0 Å². The van der Waals surface area contributed by atoms with Gasteiger partial charge in [-0.1, -0.05) is 0 Å². The van der Waals surface area contributed by atoms with Crippen molar-refractivity contribution in [2.24, 2.45) is 0 Å². The summed E-state index contributed by atoms with van der Waals surface area (Å²) in [5.74, 6) is 1.24. The first-order chi connectivity index (χ1) is 9.35. The number of hydrogen-bond acceptors (Lipinski definition) is 5. The highest BCUT2D eigenvalue weighted by Crippen LogP contribution is 2.27. The molecule has 0 amide bonds. The van der Waals surface area contributed by atoms with Crippen molar-refractivity contribution in [2.45, 2.75) is 26.3 Å². The highest BCUT2D eigenvalue weighted by Gasteiger charge is 2.15. The molecule has 106 valence electrons. The van der Waals surface area contributed by atoms with Crippen molar-refractivity contribution in [3.05, 3.63) is 34.2 Å². The molecule has 0 fully saturated rings. The van der Waals surface area contributed by atoms with Gasteiger partial charge in [0.25, 0.3) is 0 Å². The lowest BCUT2D eigenvalue weighted by atomic mass is 10.1. The van der Waals surface area contributed by atoms with Gasteiger partial charge in [0.2, 0.25) is 0 Å². The largest absolute Gasteiger partial charge is 0.393 e. The minimum Gasteiger partial charge on any atom is -0.393 e. The predicted octanol–water partition coefficient (Wildman–Crippen LogP) is 3.62. The molecule has 1 aromatic carbocycles. The molecule has 1 aromatic heterocycles. The fraction of sp³-hybridized carbons (Fsp3) is 0.286. The summed E-state index contributed by atoms with van der Waals surface area (Å²) in [5.41, 5.74) is 7.47. The third-order valence-corrected chi connectivity index (χ3v) is 3.20. The standard InChI is InChI=1S/C14H18IN5/c1-14(2,3)20-13-11(16)12(17-8-18-13)19-10-6-4-9(15)5-7-10/h4-8H,16H2,1-3H3,(H2,17,18,19,20). The summed E-state index contributed by atoms with van der Waals surface area (Å²) in [4.78, 5) is 8.39. The van der Waals surface area contributed by atoms with E-state index in [0.717, 1.165) is 5.69 Å². The molecule has 1 heterocycles. The number of nitrogens with two attached hydrogens (primary N) is 1. The molecule has 0 spiro atoms. The van der Waals surface area contributed by atoms with Crippen LogP contribution in [0.2, 0.25) is 0 Å². The Bertz CT molecular complexity index is 590. The summed E-state index contributed by atoms with van der Waals surface area (Å²) < 4.78 is 1.18. The molecular weight excluding hydrogens is 365 g/mol. The zero-order valence-electron chi connectivity index (χ0n) is 11.7. The molecule has 0 atom stereocenters.